The number of hydrogen-bond acceptors (Lipinski definition) is 10. The molecule has 3 N–H and O–H groups in total. The normalized spacial score (nSPS) is 24.0. The minimum atomic E-state index is -1.23. The number of aliphatic hydroxyl groups is 1. The summed E-state index contributed by atoms with van der Waals surface area (Å²) in [5.41, 5.74) is 5.21. The first-order valence-corrected chi connectivity index (χ1v) is 14.0. The quantitative estimate of drug-likeness (QED) is 0.387. The Hall–Kier alpha value is -3.45. The molecule has 2 saturated heterocycles. The Morgan fingerprint density at radius 3 is 2.39 bits per heavy atom. The lowest BCUT2D eigenvalue weighted by Gasteiger charge is -2.33. The number of nitrogens with zero attached hydrogens (tertiary/aromatic N) is 6. The van der Waals surface area contributed by atoms with Gasteiger partial charge in [0.2, 0.25) is 11.8 Å². The first-order valence-electron chi connectivity index (χ1n) is 14.0. The average Bonchev–Trinajstić information content (AvgIpc) is 3.58. The molecule has 0 radical (unpaired) electrons. The zero-order valence-corrected chi connectivity index (χ0v) is 23.0. The molecule has 13 heteroatoms. The number of nitrogens with two attached hydrogens (primary N) is 1. The molecule has 0 bridgehead atoms. The Kier molecular flexibility index (Phi) is 7.26. The number of aromatic nitrogens is 4. The second-order valence-corrected chi connectivity index (χ2v) is 11.7. The summed E-state index contributed by atoms with van der Waals surface area (Å²) in [6.45, 7) is 5.85. The molecule has 0 spiro atoms. The molecule has 4 unspecified atom stereocenters. The molecule has 1 saturated carbocycles. The topological polar surface area (TPSA) is 127 Å². The van der Waals surface area contributed by atoms with Crippen molar-refractivity contribution in [2.24, 2.45) is 17.6 Å². The summed E-state index contributed by atoms with van der Waals surface area (Å²) >= 11 is 0. The van der Waals surface area contributed by atoms with E-state index in [-0.39, 0.29) is 24.1 Å². The number of benzene rings is 1. The molecule has 220 valence electrons. The van der Waals surface area contributed by atoms with E-state index in [0.29, 0.717) is 42.1 Å². The van der Waals surface area contributed by atoms with E-state index in [1.165, 1.54) is 0 Å². The summed E-state index contributed by atoms with van der Waals surface area (Å²) in [6.07, 6.45) is 6.78. The molecular weight excluding hydrogens is 539 g/mol. The predicted molar refractivity (Wildman–Crippen MR) is 143 cm³/mol. The predicted octanol–water partition coefficient (Wildman–Crippen LogP) is 3.51. The minimum absolute atomic E-state index is 0.0448. The van der Waals surface area contributed by atoms with Crippen LogP contribution in [0.25, 0.3) is 0 Å². The Labute approximate surface area is 235 Å². The van der Waals surface area contributed by atoms with Gasteiger partial charge in [-0.2, -0.15) is 4.98 Å². The zero-order valence-electron chi connectivity index (χ0n) is 23.0. The van der Waals surface area contributed by atoms with E-state index >= 15 is 0 Å². The van der Waals surface area contributed by atoms with E-state index in [2.05, 4.69) is 20.1 Å². The van der Waals surface area contributed by atoms with E-state index in [1.807, 2.05) is 11.8 Å². The van der Waals surface area contributed by atoms with Crippen LogP contribution in [0.5, 0.6) is 5.75 Å². The fourth-order valence-corrected chi connectivity index (χ4v) is 5.93. The second-order valence-electron chi connectivity index (χ2n) is 11.7. The summed E-state index contributed by atoms with van der Waals surface area (Å²) in [7, 11) is 0. The highest BCUT2D eigenvalue weighted by Crippen LogP contribution is 2.44. The maximum Gasteiger partial charge on any atom is 0.324 e. The molecule has 1 aliphatic carbocycles. The fourth-order valence-electron chi connectivity index (χ4n) is 5.93. The monoisotopic (exact) mass is 573 g/mol. The van der Waals surface area contributed by atoms with Gasteiger partial charge in [0.1, 0.15) is 11.4 Å². The van der Waals surface area contributed by atoms with Gasteiger partial charge in [-0.05, 0) is 63.0 Å². The summed E-state index contributed by atoms with van der Waals surface area (Å²) in [5.74, 6) is -1.92. The van der Waals surface area contributed by atoms with Crippen molar-refractivity contribution in [2.75, 3.05) is 36.0 Å². The van der Waals surface area contributed by atoms with Gasteiger partial charge in [0.15, 0.2) is 17.4 Å². The first-order chi connectivity index (χ1) is 19.6. The number of hydrogen-bond donors (Lipinski definition) is 2. The van der Waals surface area contributed by atoms with Crippen molar-refractivity contribution >= 4 is 12.0 Å². The third kappa shape index (κ3) is 5.56. The van der Waals surface area contributed by atoms with Gasteiger partial charge < -0.3 is 29.9 Å². The van der Waals surface area contributed by atoms with Crippen LogP contribution >= 0.6 is 0 Å². The van der Waals surface area contributed by atoms with Crippen LogP contribution in [0.15, 0.2) is 29.0 Å². The average molecular weight is 574 g/mol. The molecule has 3 aliphatic rings. The van der Waals surface area contributed by atoms with Crippen LogP contribution in [0.1, 0.15) is 56.8 Å². The van der Waals surface area contributed by atoms with Gasteiger partial charge in [-0.1, -0.05) is 5.16 Å². The summed E-state index contributed by atoms with van der Waals surface area (Å²) in [6, 6.07) is 1.37. The maximum atomic E-state index is 14.3. The van der Waals surface area contributed by atoms with Crippen LogP contribution in [0.4, 0.5) is 25.1 Å². The van der Waals surface area contributed by atoms with Crippen molar-refractivity contribution in [3.05, 3.63) is 53.4 Å². The molecule has 2 aromatic heterocycles. The van der Waals surface area contributed by atoms with Crippen molar-refractivity contribution in [1.29, 1.82) is 0 Å². The van der Waals surface area contributed by atoms with Crippen molar-refractivity contribution in [2.45, 2.75) is 63.2 Å². The van der Waals surface area contributed by atoms with Crippen molar-refractivity contribution in [3.8, 4) is 5.75 Å². The molecule has 4 heterocycles. The van der Waals surface area contributed by atoms with E-state index in [0.717, 1.165) is 44.8 Å². The highest BCUT2D eigenvalue weighted by atomic mass is 19.2. The van der Waals surface area contributed by atoms with Gasteiger partial charge in [0, 0.05) is 44.2 Å². The molecule has 4 atom stereocenters. The van der Waals surface area contributed by atoms with Gasteiger partial charge in [-0.3, -0.25) is 0 Å². The first kappa shape index (κ1) is 27.7. The van der Waals surface area contributed by atoms with Crippen LogP contribution in [0.3, 0.4) is 0 Å². The Bertz CT molecular complexity index is 1380. The second kappa shape index (κ2) is 10.8. The summed E-state index contributed by atoms with van der Waals surface area (Å²) < 4.78 is 53.1. The smallest absolute Gasteiger partial charge is 0.324 e. The van der Waals surface area contributed by atoms with Crippen molar-refractivity contribution in [3.63, 3.8) is 0 Å². The number of piperidine rings is 1. The van der Waals surface area contributed by atoms with E-state index in [4.69, 9.17) is 15.0 Å². The molecule has 10 nitrogen and oxygen atoms in total. The van der Waals surface area contributed by atoms with E-state index in [9.17, 15) is 18.3 Å². The standard InChI is InChI=1S/C28H34F3N7O3/c1-15(16-5-7-37(8-6-16)27-35-25(36-41-27)28(2,39)17-3-4-17)40-18-11-33-26(34-12-18)38-13-20(24(32)14-38)19-9-22(30)23(31)10-21(19)29/h9-12,15-17,20,24,39H,3-8,13-14,32H2,1-2H3. The third-order valence-electron chi connectivity index (χ3n) is 8.74. The molecule has 0 amide bonds. The Morgan fingerprint density at radius 1 is 1.02 bits per heavy atom. The lowest BCUT2D eigenvalue weighted by atomic mass is 9.92. The summed E-state index contributed by atoms with van der Waals surface area (Å²) in [5, 5.41) is 14.7. The molecular formula is C28H34F3N7O3. The Morgan fingerprint density at radius 2 is 1.71 bits per heavy atom. The molecule has 2 aliphatic heterocycles. The highest BCUT2D eigenvalue weighted by Gasteiger charge is 2.45. The lowest BCUT2D eigenvalue weighted by molar-refractivity contribution is 0.0218. The summed E-state index contributed by atoms with van der Waals surface area (Å²) in [4.78, 5) is 17.1. The SMILES string of the molecule is CC(Oc1cnc(N2CC(N)C(c3cc(F)c(F)cc3F)C2)nc1)C1CCN(c2nc(C(C)(O)C3CC3)no2)CC1. The van der Waals surface area contributed by atoms with Crippen LogP contribution in [0.2, 0.25) is 0 Å². The minimum Gasteiger partial charge on any atom is -0.487 e. The number of anilines is 2. The molecule has 1 aromatic carbocycles. The van der Waals surface area contributed by atoms with Gasteiger partial charge in [-0.25, -0.2) is 23.1 Å². The lowest BCUT2D eigenvalue weighted by Crippen LogP contribution is -2.39. The van der Waals surface area contributed by atoms with Crippen molar-refractivity contribution < 1.29 is 27.5 Å². The number of rotatable bonds is 8. The Balaban J connectivity index is 1.02. The van der Waals surface area contributed by atoms with Gasteiger partial charge in [0.25, 0.3) is 0 Å². The third-order valence-corrected chi connectivity index (χ3v) is 8.74. The molecule has 41 heavy (non-hydrogen) atoms. The highest BCUT2D eigenvalue weighted by molar-refractivity contribution is 5.39. The molecule has 3 aromatic rings. The number of ether oxygens (including phenoxy) is 1. The van der Waals surface area contributed by atoms with E-state index < -0.39 is 35.0 Å². The van der Waals surface area contributed by atoms with Crippen LogP contribution in [-0.4, -0.2) is 63.5 Å². The number of halogens is 3. The van der Waals surface area contributed by atoms with Gasteiger partial charge in [0.05, 0.1) is 18.5 Å². The fraction of sp³-hybridized carbons (Fsp3) is 0.571. The van der Waals surface area contributed by atoms with Crippen LogP contribution in [-0.2, 0) is 5.60 Å². The van der Waals surface area contributed by atoms with Crippen molar-refractivity contribution in [1.82, 2.24) is 20.1 Å². The van der Waals surface area contributed by atoms with Gasteiger partial charge >= 0.3 is 6.01 Å². The van der Waals surface area contributed by atoms with Gasteiger partial charge in [-0.15, -0.1) is 0 Å². The van der Waals surface area contributed by atoms with E-state index in [1.54, 1.807) is 24.2 Å². The largest absolute Gasteiger partial charge is 0.487 e. The zero-order chi connectivity index (χ0) is 28.9. The molecule has 3 fully saturated rings. The van der Waals surface area contributed by atoms with Crippen LogP contribution in [0, 0.1) is 29.3 Å². The van der Waals surface area contributed by atoms with Crippen LogP contribution < -0.4 is 20.3 Å². The maximum absolute atomic E-state index is 14.3. The molecule has 6 rings (SSSR count).